The lowest BCUT2D eigenvalue weighted by atomic mass is 9.99. The number of aromatic amines is 1. The van der Waals surface area contributed by atoms with E-state index in [1.54, 1.807) is 20.4 Å². The van der Waals surface area contributed by atoms with Crippen LogP contribution in [0.4, 0.5) is 11.8 Å². The molecule has 132 valence electrons. The molecular weight excluding hydrogens is 330 g/mol. The normalized spacial score (nSPS) is 11.2. The van der Waals surface area contributed by atoms with Gasteiger partial charge in [0.2, 0.25) is 0 Å². The molecular formula is C19H19N5O2. The third kappa shape index (κ3) is 2.63. The average Bonchev–Trinajstić information content (AvgIpc) is 3.10. The van der Waals surface area contributed by atoms with Crippen LogP contribution in [0.1, 0.15) is 11.1 Å². The highest BCUT2D eigenvalue weighted by Gasteiger charge is 2.14. The number of H-pyrrole nitrogens is 1. The van der Waals surface area contributed by atoms with Crippen molar-refractivity contribution in [2.75, 3.05) is 25.7 Å². The SMILES string of the molecule is COc1cc(Cc2cc3[nH]c(N)nc(N)c3c3ccnc23)cc(OC)c1. The van der Waals surface area contributed by atoms with Gasteiger partial charge >= 0.3 is 0 Å². The maximum Gasteiger partial charge on any atom is 0.199 e. The predicted molar refractivity (Wildman–Crippen MR) is 103 cm³/mol. The molecule has 7 heteroatoms. The number of nitrogens with one attached hydrogen (secondary N) is 1. The molecule has 0 aliphatic carbocycles. The van der Waals surface area contributed by atoms with Gasteiger partial charge in [0.1, 0.15) is 17.3 Å². The maximum atomic E-state index is 6.09. The van der Waals surface area contributed by atoms with Gasteiger partial charge in [-0.25, -0.2) is 0 Å². The first-order valence-electron chi connectivity index (χ1n) is 8.12. The first kappa shape index (κ1) is 16.0. The number of nitrogens with zero attached hydrogens (tertiary/aromatic N) is 2. The molecule has 2 heterocycles. The van der Waals surface area contributed by atoms with Crippen molar-refractivity contribution in [1.82, 2.24) is 15.0 Å². The van der Waals surface area contributed by atoms with E-state index in [1.165, 1.54) is 0 Å². The van der Waals surface area contributed by atoms with Crippen LogP contribution in [0.15, 0.2) is 36.5 Å². The van der Waals surface area contributed by atoms with Gasteiger partial charge in [-0.1, -0.05) is 0 Å². The van der Waals surface area contributed by atoms with E-state index in [2.05, 4.69) is 15.0 Å². The van der Waals surface area contributed by atoms with Crippen LogP contribution in [0.5, 0.6) is 11.5 Å². The van der Waals surface area contributed by atoms with Crippen molar-refractivity contribution in [3.05, 3.63) is 47.7 Å². The van der Waals surface area contributed by atoms with Crippen LogP contribution < -0.4 is 20.9 Å². The van der Waals surface area contributed by atoms with Crippen LogP contribution in [0.3, 0.4) is 0 Å². The minimum Gasteiger partial charge on any atom is -0.497 e. The zero-order chi connectivity index (χ0) is 18.3. The molecule has 0 saturated carbocycles. The molecule has 0 aliphatic heterocycles. The molecule has 0 unspecified atom stereocenters. The van der Waals surface area contributed by atoms with Crippen LogP contribution in [-0.4, -0.2) is 29.2 Å². The van der Waals surface area contributed by atoms with Gasteiger partial charge < -0.3 is 25.9 Å². The van der Waals surface area contributed by atoms with Crippen molar-refractivity contribution in [3.8, 4) is 11.5 Å². The number of aromatic nitrogens is 3. The highest BCUT2D eigenvalue weighted by atomic mass is 16.5. The minimum atomic E-state index is 0.280. The number of hydrogen-bond donors (Lipinski definition) is 3. The molecule has 0 atom stereocenters. The topological polar surface area (TPSA) is 112 Å². The Hall–Kier alpha value is -3.48. The van der Waals surface area contributed by atoms with Crippen molar-refractivity contribution in [3.63, 3.8) is 0 Å². The van der Waals surface area contributed by atoms with E-state index in [9.17, 15) is 0 Å². The van der Waals surface area contributed by atoms with Gasteiger partial charge in [0.15, 0.2) is 5.95 Å². The van der Waals surface area contributed by atoms with Gasteiger partial charge in [0.05, 0.1) is 25.3 Å². The molecule has 0 aliphatic rings. The van der Waals surface area contributed by atoms with Crippen LogP contribution in [0.2, 0.25) is 0 Å². The van der Waals surface area contributed by atoms with E-state index in [0.717, 1.165) is 44.4 Å². The Labute approximate surface area is 150 Å². The quantitative estimate of drug-likeness (QED) is 0.522. The molecule has 4 aromatic rings. The van der Waals surface area contributed by atoms with E-state index in [1.807, 2.05) is 30.3 Å². The van der Waals surface area contributed by atoms with Gasteiger partial charge in [-0.3, -0.25) is 4.98 Å². The van der Waals surface area contributed by atoms with Gasteiger partial charge in [-0.2, -0.15) is 4.98 Å². The second-order valence-electron chi connectivity index (χ2n) is 6.07. The molecule has 4 rings (SSSR count). The summed E-state index contributed by atoms with van der Waals surface area (Å²) in [7, 11) is 3.28. The van der Waals surface area contributed by atoms with Gasteiger partial charge in [0, 0.05) is 23.0 Å². The molecule has 2 aromatic heterocycles. The maximum absolute atomic E-state index is 6.09. The zero-order valence-electron chi connectivity index (χ0n) is 14.5. The second kappa shape index (κ2) is 6.11. The third-order valence-corrected chi connectivity index (χ3v) is 4.43. The largest absolute Gasteiger partial charge is 0.497 e. The molecule has 26 heavy (non-hydrogen) atoms. The molecule has 0 amide bonds. The fourth-order valence-electron chi connectivity index (χ4n) is 3.30. The Kier molecular flexibility index (Phi) is 3.76. The number of methoxy groups -OCH3 is 2. The average molecular weight is 349 g/mol. The Balaban J connectivity index is 1.90. The summed E-state index contributed by atoms with van der Waals surface area (Å²) in [5.41, 5.74) is 15.7. The number of ether oxygens (including phenoxy) is 2. The molecule has 0 bridgehead atoms. The number of fused-ring (bicyclic) bond motifs is 3. The highest BCUT2D eigenvalue weighted by molar-refractivity contribution is 6.11. The van der Waals surface area contributed by atoms with Crippen molar-refractivity contribution < 1.29 is 9.47 Å². The number of hydrogen-bond acceptors (Lipinski definition) is 6. The Morgan fingerprint density at radius 3 is 2.46 bits per heavy atom. The van der Waals surface area contributed by atoms with E-state index >= 15 is 0 Å². The number of nitrogens with two attached hydrogens (primary N) is 2. The Bertz CT molecular complexity index is 1100. The van der Waals surface area contributed by atoms with E-state index in [-0.39, 0.29) is 5.95 Å². The van der Waals surface area contributed by atoms with Crippen LogP contribution in [0, 0.1) is 0 Å². The monoisotopic (exact) mass is 349 g/mol. The van der Waals surface area contributed by atoms with Gasteiger partial charge in [-0.05, 0) is 41.8 Å². The minimum absolute atomic E-state index is 0.280. The molecule has 0 spiro atoms. The summed E-state index contributed by atoms with van der Waals surface area (Å²) in [6, 6.07) is 9.78. The number of benzene rings is 2. The molecule has 0 fully saturated rings. The summed E-state index contributed by atoms with van der Waals surface area (Å²) in [6.45, 7) is 0. The predicted octanol–water partition coefficient (Wildman–Crippen LogP) is 2.88. The smallest absolute Gasteiger partial charge is 0.199 e. The third-order valence-electron chi connectivity index (χ3n) is 4.43. The number of rotatable bonds is 4. The summed E-state index contributed by atoms with van der Waals surface area (Å²) in [5, 5.41) is 1.78. The van der Waals surface area contributed by atoms with E-state index < -0.39 is 0 Å². The summed E-state index contributed by atoms with van der Waals surface area (Å²) < 4.78 is 10.7. The standard InChI is InChI=1S/C19H19N5O2/c1-25-12-6-10(7-13(9-12)26-2)5-11-8-15-16(14-3-4-22-17(11)14)18(20)24-19(21)23-15/h3-4,6-9H,5,20H2,1-2H3,(H3,21,23,24). The highest BCUT2D eigenvalue weighted by Crippen LogP contribution is 2.32. The first-order chi connectivity index (χ1) is 12.6. The zero-order valence-corrected chi connectivity index (χ0v) is 14.5. The van der Waals surface area contributed by atoms with Gasteiger partial charge in [-0.15, -0.1) is 0 Å². The van der Waals surface area contributed by atoms with Crippen LogP contribution in [-0.2, 0) is 6.42 Å². The van der Waals surface area contributed by atoms with Gasteiger partial charge in [0.25, 0.3) is 0 Å². The summed E-state index contributed by atoms with van der Waals surface area (Å²) in [4.78, 5) is 11.7. The molecule has 0 radical (unpaired) electrons. The summed E-state index contributed by atoms with van der Waals surface area (Å²) in [6.07, 6.45) is 2.43. The molecule has 2 aromatic carbocycles. The fraction of sp³-hybridized carbons (Fsp3) is 0.158. The van der Waals surface area contributed by atoms with Crippen LogP contribution in [0.25, 0.3) is 21.8 Å². The molecule has 7 nitrogen and oxygen atoms in total. The van der Waals surface area contributed by atoms with Crippen molar-refractivity contribution in [1.29, 1.82) is 0 Å². The number of anilines is 2. The van der Waals surface area contributed by atoms with E-state index in [4.69, 9.17) is 20.9 Å². The van der Waals surface area contributed by atoms with Crippen molar-refractivity contribution in [2.24, 2.45) is 0 Å². The second-order valence-corrected chi connectivity index (χ2v) is 6.07. The van der Waals surface area contributed by atoms with Crippen molar-refractivity contribution in [2.45, 2.75) is 6.42 Å². The lowest BCUT2D eigenvalue weighted by Gasteiger charge is -2.11. The Morgan fingerprint density at radius 2 is 1.77 bits per heavy atom. The van der Waals surface area contributed by atoms with E-state index in [0.29, 0.717) is 12.2 Å². The Morgan fingerprint density at radius 1 is 1.04 bits per heavy atom. The van der Waals surface area contributed by atoms with Crippen molar-refractivity contribution >= 4 is 33.6 Å². The molecule has 0 saturated heterocycles. The lowest BCUT2D eigenvalue weighted by molar-refractivity contribution is 0.393. The summed E-state index contributed by atoms with van der Waals surface area (Å²) >= 11 is 0. The lowest BCUT2D eigenvalue weighted by Crippen LogP contribution is -2.02. The number of nitrogen functional groups attached to an aromatic ring is 2. The van der Waals surface area contributed by atoms with Crippen LogP contribution >= 0.6 is 0 Å². The first-order valence-corrected chi connectivity index (χ1v) is 8.12. The molecule has 5 N–H and O–H groups in total. The summed E-state index contributed by atoms with van der Waals surface area (Å²) in [5.74, 6) is 2.17. The fourth-order valence-corrected chi connectivity index (χ4v) is 3.30.